The molecule has 1 aliphatic rings. The predicted octanol–water partition coefficient (Wildman–Crippen LogP) is 3.96. The van der Waals surface area contributed by atoms with Crippen LogP contribution in [0.3, 0.4) is 0 Å². The normalized spacial score (nSPS) is 16.7. The zero-order valence-electron chi connectivity index (χ0n) is 18.4. The lowest BCUT2D eigenvalue weighted by atomic mass is 9.81. The SMILES string of the molecule is COc1cncc(-c2cccc(C3(c4ccc(OC(F)F)cc4C)COC(N)=N3)c2)c1.O=CO. The van der Waals surface area contributed by atoms with Gasteiger partial charge in [0, 0.05) is 11.8 Å². The number of benzene rings is 2. The summed E-state index contributed by atoms with van der Waals surface area (Å²) < 4.78 is 40.6. The molecule has 1 aliphatic heterocycles. The minimum atomic E-state index is -2.89. The van der Waals surface area contributed by atoms with Crippen LogP contribution < -0.4 is 15.2 Å². The number of aryl methyl sites for hydroxylation is 1. The number of nitrogens with zero attached hydrogens (tertiary/aromatic N) is 2. The molecule has 0 spiro atoms. The van der Waals surface area contributed by atoms with Crippen molar-refractivity contribution in [2.75, 3.05) is 13.7 Å². The Morgan fingerprint density at radius 2 is 1.91 bits per heavy atom. The van der Waals surface area contributed by atoms with Gasteiger partial charge >= 0.3 is 6.61 Å². The summed E-state index contributed by atoms with van der Waals surface area (Å²) in [6.07, 6.45) is 3.38. The quantitative estimate of drug-likeness (QED) is 0.523. The number of methoxy groups -OCH3 is 1. The molecule has 0 saturated carbocycles. The van der Waals surface area contributed by atoms with Gasteiger partial charge in [-0.15, -0.1) is 0 Å². The van der Waals surface area contributed by atoms with Crippen molar-refractivity contribution in [3.05, 3.63) is 77.6 Å². The van der Waals surface area contributed by atoms with Crippen LogP contribution >= 0.6 is 0 Å². The van der Waals surface area contributed by atoms with Crippen molar-refractivity contribution >= 4 is 12.5 Å². The summed E-state index contributed by atoms with van der Waals surface area (Å²) in [5.41, 5.74) is 9.14. The van der Waals surface area contributed by atoms with Crippen molar-refractivity contribution in [3.8, 4) is 22.6 Å². The van der Waals surface area contributed by atoms with Gasteiger partial charge < -0.3 is 25.1 Å². The van der Waals surface area contributed by atoms with E-state index in [1.165, 1.54) is 6.07 Å². The molecule has 34 heavy (non-hydrogen) atoms. The number of carbonyl (C=O) groups is 1. The van der Waals surface area contributed by atoms with Crippen LogP contribution in [0.4, 0.5) is 8.78 Å². The molecular formula is C24H23F2N3O5. The van der Waals surface area contributed by atoms with Crippen LogP contribution in [0, 0.1) is 6.92 Å². The van der Waals surface area contributed by atoms with Gasteiger partial charge in [0.05, 0.1) is 13.3 Å². The first-order valence-electron chi connectivity index (χ1n) is 10.0. The molecule has 10 heteroatoms. The number of hydrogen-bond acceptors (Lipinski definition) is 7. The maximum atomic E-state index is 12.6. The van der Waals surface area contributed by atoms with Gasteiger partial charge in [-0.3, -0.25) is 9.78 Å². The summed E-state index contributed by atoms with van der Waals surface area (Å²) in [4.78, 5) is 17.2. The maximum absolute atomic E-state index is 12.6. The van der Waals surface area contributed by atoms with Crippen molar-refractivity contribution < 1.29 is 32.9 Å². The van der Waals surface area contributed by atoms with E-state index in [4.69, 9.17) is 25.1 Å². The predicted molar refractivity (Wildman–Crippen MR) is 121 cm³/mol. The highest BCUT2D eigenvalue weighted by Gasteiger charge is 2.41. The van der Waals surface area contributed by atoms with E-state index in [1.807, 2.05) is 37.3 Å². The summed E-state index contributed by atoms with van der Waals surface area (Å²) in [6.45, 7) is -1.14. The van der Waals surface area contributed by atoms with Crippen LogP contribution in [-0.4, -0.2) is 42.9 Å². The Hall–Kier alpha value is -4.21. The van der Waals surface area contributed by atoms with Gasteiger partial charge in [0.2, 0.25) is 0 Å². The van der Waals surface area contributed by atoms with Gasteiger partial charge in [0.1, 0.15) is 18.1 Å². The molecular weight excluding hydrogens is 448 g/mol. The van der Waals surface area contributed by atoms with Crippen LogP contribution in [0.25, 0.3) is 11.1 Å². The number of ether oxygens (including phenoxy) is 3. The summed E-state index contributed by atoms with van der Waals surface area (Å²) in [7, 11) is 1.59. The summed E-state index contributed by atoms with van der Waals surface area (Å²) in [6, 6.07) is 14.5. The average molecular weight is 471 g/mol. The second-order valence-corrected chi connectivity index (χ2v) is 7.25. The smallest absolute Gasteiger partial charge is 0.387 e. The number of hydrogen-bond donors (Lipinski definition) is 2. The second kappa shape index (κ2) is 10.6. The first-order valence-corrected chi connectivity index (χ1v) is 10.0. The van der Waals surface area contributed by atoms with Gasteiger partial charge in [-0.2, -0.15) is 8.78 Å². The molecule has 1 unspecified atom stereocenters. The number of halogens is 2. The number of pyridine rings is 1. The van der Waals surface area contributed by atoms with E-state index in [2.05, 4.69) is 14.7 Å². The summed E-state index contributed by atoms with van der Waals surface area (Å²) >= 11 is 0. The summed E-state index contributed by atoms with van der Waals surface area (Å²) in [5, 5.41) is 6.89. The van der Waals surface area contributed by atoms with Gasteiger partial charge in [-0.05, 0) is 53.4 Å². The fourth-order valence-electron chi connectivity index (χ4n) is 3.79. The highest BCUT2D eigenvalue weighted by atomic mass is 19.3. The van der Waals surface area contributed by atoms with Gasteiger partial charge in [-0.1, -0.05) is 24.3 Å². The largest absolute Gasteiger partial charge is 0.495 e. The molecule has 0 fully saturated rings. The lowest BCUT2D eigenvalue weighted by Gasteiger charge is -2.27. The molecule has 8 nitrogen and oxygen atoms in total. The molecule has 0 radical (unpaired) electrons. The number of aliphatic imine (C=N–C) groups is 1. The van der Waals surface area contributed by atoms with Gasteiger partial charge in [-0.25, -0.2) is 4.99 Å². The van der Waals surface area contributed by atoms with Gasteiger partial charge in [0.15, 0.2) is 5.54 Å². The minimum absolute atomic E-state index is 0.0701. The van der Waals surface area contributed by atoms with Crippen LogP contribution in [-0.2, 0) is 15.1 Å². The van der Waals surface area contributed by atoms with Crippen LogP contribution in [0.15, 0.2) is 65.9 Å². The third-order valence-electron chi connectivity index (χ3n) is 5.22. The van der Waals surface area contributed by atoms with E-state index in [-0.39, 0.29) is 24.9 Å². The van der Waals surface area contributed by atoms with Crippen molar-refractivity contribution in [1.82, 2.24) is 4.98 Å². The molecule has 2 heterocycles. The zero-order chi connectivity index (χ0) is 24.7. The zero-order valence-corrected chi connectivity index (χ0v) is 18.4. The molecule has 178 valence electrons. The number of nitrogens with two attached hydrogens (primary N) is 1. The Balaban J connectivity index is 0.00000103. The highest BCUT2D eigenvalue weighted by Crippen LogP contribution is 2.41. The molecule has 0 saturated heterocycles. The number of rotatable bonds is 6. The van der Waals surface area contributed by atoms with E-state index in [9.17, 15) is 8.78 Å². The Morgan fingerprint density at radius 3 is 2.53 bits per heavy atom. The number of alkyl halides is 2. The first kappa shape index (κ1) is 24.4. The second-order valence-electron chi connectivity index (χ2n) is 7.25. The van der Waals surface area contributed by atoms with Crippen LogP contribution in [0.2, 0.25) is 0 Å². The summed E-state index contributed by atoms with van der Waals surface area (Å²) in [5.74, 6) is 0.730. The van der Waals surface area contributed by atoms with Crippen molar-refractivity contribution in [2.24, 2.45) is 10.7 Å². The van der Waals surface area contributed by atoms with Crippen molar-refractivity contribution in [3.63, 3.8) is 0 Å². The Bertz CT molecular complexity index is 1190. The number of amidine groups is 1. The topological polar surface area (TPSA) is 116 Å². The van der Waals surface area contributed by atoms with E-state index in [0.29, 0.717) is 5.75 Å². The molecule has 3 aromatic rings. The van der Waals surface area contributed by atoms with Crippen molar-refractivity contribution in [1.29, 1.82) is 0 Å². The molecule has 2 aromatic carbocycles. The Morgan fingerprint density at radius 1 is 1.15 bits per heavy atom. The third-order valence-corrected chi connectivity index (χ3v) is 5.22. The fourth-order valence-corrected chi connectivity index (χ4v) is 3.79. The number of aromatic nitrogens is 1. The minimum Gasteiger partial charge on any atom is -0.495 e. The third kappa shape index (κ3) is 5.22. The Labute approximate surface area is 194 Å². The van der Waals surface area contributed by atoms with E-state index < -0.39 is 12.2 Å². The molecule has 4 rings (SSSR count). The van der Waals surface area contributed by atoms with Gasteiger partial charge in [0.25, 0.3) is 12.5 Å². The molecule has 0 aliphatic carbocycles. The van der Waals surface area contributed by atoms with Crippen molar-refractivity contribution in [2.45, 2.75) is 19.1 Å². The first-order chi connectivity index (χ1) is 16.3. The molecule has 0 bridgehead atoms. The Kier molecular flexibility index (Phi) is 7.62. The number of carboxylic acid groups (broad SMARTS) is 1. The lowest BCUT2D eigenvalue weighted by molar-refractivity contribution is -0.122. The lowest BCUT2D eigenvalue weighted by Crippen LogP contribution is -2.28. The molecule has 1 aromatic heterocycles. The average Bonchev–Trinajstić information content (AvgIpc) is 3.22. The molecule has 3 N–H and O–H groups in total. The van der Waals surface area contributed by atoms with Crippen LogP contribution in [0.5, 0.6) is 11.5 Å². The van der Waals surface area contributed by atoms with E-state index in [1.54, 1.807) is 31.6 Å². The van der Waals surface area contributed by atoms with E-state index >= 15 is 0 Å². The highest BCUT2D eigenvalue weighted by molar-refractivity contribution is 5.76. The fraction of sp³-hybridized carbons (Fsp3) is 0.208. The van der Waals surface area contributed by atoms with E-state index in [0.717, 1.165) is 27.8 Å². The van der Waals surface area contributed by atoms with Crippen LogP contribution in [0.1, 0.15) is 16.7 Å². The molecule has 1 atom stereocenters. The standard InChI is InChI=1S/C23H21F2N3O3.CH2O2/c1-14-8-18(31-21(24)25)6-7-20(14)23(13-30-22(26)28-23)17-5-3-4-15(9-17)16-10-19(29-2)12-27-11-16;2-1-3/h3-12,21H,13H2,1-2H3,(H2,26,28);1H,(H,2,3). The maximum Gasteiger partial charge on any atom is 0.387 e. The molecule has 0 amide bonds. The monoisotopic (exact) mass is 471 g/mol.